The first kappa shape index (κ1) is 16.7. The van der Waals surface area contributed by atoms with Crippen molar-refractivity contribution in [1.29, 1.82) is 0 Å². The van der Waals surface area contributed by atoms with Crippen LogP contribution in [0.4, 0.5) is 4.39 Å². The standard InChI is InChI=1S/C17H24FN3OS/c1-17(2)12-19-16(23-17)21-9-7-20(8-10-21)11-15(22)13-5-3-4-6-14(13)18/h3-6,15,22H,7-12H2,1-2H3. The topological polar surface area (TPSA) is 39.1 Å². The van der Waals surface area contributed by atoms with Gasteiger partial charge in [-0.3, -0.25) is 9.89 Å². The molecule has 0 radical (unpaired) electrons. The van der Waals surface area contributed by atoms with Crippen LogP contribution < -0.4 is 0 Å². The lowest BCUT2D eigenvalue weighted by Gasteiger charge is -2.36. The summed E-state index contributed by atoms with van der Waals surface area (Å²) in [5.74, 6) is -0.336. The van der Waals surface area contributed by atoms with Crippen LogP contribution in [0.1, 0.15) is 25.5 Å². The molecule has 2 aliphatic heterocycles. The molecule has 1 aromatic rings. The lowest BCUT2D eigenvalue weighted by atomic mass is 10.1. The summed E-state index contributed by atoms with van der Waals surface area (Å²) in [6.07, 6.45) is -0.778. The van der Waals surface area contributed by atoms with E-state index in [4.69, 9.17) is 0 Å². The highest BCUT2D eigenvalue weighted by Crippen LogP contribution is 2.33. The van der Waals surface area contributed by atoms with Gasteiger partial charge in [0.1, 0.15) is 5.82 Å². The highest BCUT2D eigenvalue weighted by Gasteiger charge is 2.31. The fourth-order valence-corrected chi connectivity index (χ4v) is 4.01. The molecule has 0 aliphatic carbocycles. The Balaban J connectivity index is 1.51. The van der Waals surface area contributed by atoms with Crippen LogP contribution in [0, 0.1) is 5.82 Å². The Morgan fingerprint density at radius 1 is 1.26 bits per heavy atom. The van der Waals surface area contributed by atoms with Crippen LogP contribution in [0.25, 0.3) is 0 Å². The van der Waals surface area contributed by atoms with Crippen molar-refractivity contribution in [2.45, 2.75) is 24.7 Å². The van der Waals surface area contributed by atoms with Gasteiger partial charge in [-0.05, 0) is 19.9 Å². The van der Waals surface area contributed by atoms with E-state index in [0.717, 1.165) is 37.9 Å². The number of hydrogen-bond donors (Lipinski definition) is 1. The maximum Gasteiger partial charge on any atom is 0.159 e. The van der Waals surface area contributed by atoms with E-state index in [-0.39, 0.29) is 10.6 Å². The van der Waals surface area contributed by atoms with Crippen LogP contribution >= 0.6 is 11.8 Å². The highest BCUT2D eigenvalue weighted by molar-refractivity contribution is 8.15. The van der Waals surface area contributed by atoms with E-state index in [1.54, 1.807) is 18.2 Å². The molecule has 0 amide bonds. The average Bonchev–Trinajstić information content (AvgIpc) is 2.88. The van der Waals surface area contributed by atoms with Crippen LogP contribution in [0.3, 0.4) is 0 Å². The van der Waals surface area contributed by atoms with Gasteiger partial charge in [-0.15, -0.1) is 0 Å². The van der Waals surface area contributed by atoms with Gasteiger partial charge in [0.15, 0.2) is 5.17 Å². The van der Waals surface area contributed by atoms with E-state index in [9.17, 15) is 9.50 Å². The third-order valence-electron chi connectivity index (χ3n) is 4.30. The van der Waals surface area contributed by atoms with Crippen LogP contribution in [0.15, 0.2) is 29.3 Å². The summed E-state index contributed by atoms with van der Waals surface area (Å²) in [6.45, 7) is 9.33. The summed E-state index contributed by atoms with van der Waals surface area (Å²) in [5.41, 5.74) is 0.382. The minimum atomic E-state index is -0.778. The number of hydrogen-bond acceptors (Lipinski definition) is 5. The molecule has 1 N–H and O–H groups in total. The van der Waals surface area contributed by atoms with E-state index in [1.807, 2.05) is 11.8 Å². The Morgan fingerprint density at radius 2 is 1.96 bits per heavy atom. The summed E-state index contributed by atoms with van der Waals surface area (Å²) in [4.78, 5) is 9.16. The molecular formula is C17H24FN3OS. The van der Waals surface area contributed by atoms with Gasteiger partial charge in [0.25, 0.3) is 0 Å². The van der Waals surface area contributed by atoms with Gasteiger partial charge in [0, 0.05) is 43.0 Å². The second kappa shape index (κ2) is 6.79. The Labute approximate surface area is 141 Å². The first-order valence-electron chi connectivity index (χ1n) is 8.08. The molecule has 2 aliphatic rings. The molecule has 3 rings (SSSR count). The van der Waals surface area contributed by atoms with Gasteiger partial charge >= 0.3 is 0 Å². The molecule has 6 heteroatoms. The lowest BCUT2D eigenvalue weighted by Crippen LogP contribution is -2.48. The zero-order valence-corrected chi connectivity index (χ0v) is 14.5. The van der Waals surface area contributed by atoms with Crippen molar-refractivity contribution in [3.8, 4) is 0 Å². The zero-order valence-electron chi connectivity index (χ0n) is 13.7. The molecule has 1 saturated heterocycles. The minimum absolute atomic E-state index is 0.202. The molecule has 4 nitrogen and oxygen atoms in total. The van der Waals surface area contributed by atoms with Crippen LogP contribution in [0.5, 0.6) is 0 Å². The van der Waals surface area contributed by atoms with Crippen molar-refractivity contribution in [2.24, 2.45) is 4.99 Å². The van der Waals surface area contributed by atoms with Crippen molar-refractivity contribution < 1.29 is 9.50 Å². The van der Waals surface area contributed by atoms with Crippen molar-refractivity contribution in [2.75, 3.05) is 39.3 Å². The number of aliphatic hydroxyl groups excluding tert-OH is 1. The third-order valence-corrected chi connectivity index (χ3v) is 5.55. The number of halogens is 1. The normalized spacial score (nSPS) is 23.0. The van der Waals surface area contributed by atoms with Crippen LogP contribution in [-0.4, -0.2) is 64.1 Å². The fourth-order valence-electron chi connectivity index (χ4n) is 2.94. The zero-order chi connectivity index (χ0) is 16.4. The summed E-state index contributed by atoms with van der Waals surface area (Å²) in [7, 11) is 0. The number of β-amino-alcohol motifs (C(OH)–C–C–N with tert-alkyl or cyclic N) is 1. The largest absolute Gasteiger partial charge is 0.387 e. The first-order chi connectivity index (χ1) is 10.9. The molecule has 0 bridgehead atoms. The SMILES string of the molecule is CC1(C)CN=C(N2CCN(CC(O)c3ccccc3F)CC2)S1. The predicted octanol–water partition coefficient (Wildman–Crippen LogP) is 2.36. The lowest BCUT2D eigenvalue weighted by molar-refractivity contribution is 0.0882. The van der Waals surface area contributed by atoms with E-state index in [0.29, 0.717) is 12.1 Å². The quantitative estimate of drug-likeness (QED) is 0.919. The number of amidine groups is 1. The molecule has 1 fully saturated rings. The summed E-state index contributed by atoms with van der Waals surface area (Å²) < 4.78 is 13.9. The van der Waals surface area contributed by atoms with Gasteiger partial charge in [-0.25, -0.2) is 4.39 Å². The number of thioether (sulfide) groups is 1. The molecule has 1 atom stereocenters. The second-order valence-electron chi connectivity index (χ2n) is 6.79. The Kier molecular flexibility index (Phi) is 4.94. The van der Waals surface area contributed by atoms with E-state index in [1.165, 1.54) is 6.07 Å². The average molecular weight is 337 g/mol. The van der Waals surface area contributed by atoms with Crippen molar-refractivity contribution in [3.63, 3.8) is 0 Å². The summed E-state index contributed by atoms with van der Waals surface area (Å²) in [5, 5.41) is 11.4. The number of nitrogens with zero attached hydrogens (tertiary/aromatic N) is 3. The number of rotatable bonds is 3. The highest BCUT2D eigenvalue weighted by atomic mass is 32.2. The van der Waals surface area contributed by atoms with Gasteiger partial charge in [-0.2, -0.15) is 0 Å². The number of aliphatic hydroxyl groups is 1. The Morgan fingerprint density at radius 3 is 2.57 bits per heavy atom. The molecular weight excluding hydrogens is 313 g/mol. The van der Waals surface area contributed by atoms with Crippen molar-refractivity contribution in [3.05, 3.63) is 35.6 Å². The second-order valence-corrected chi connectivity index (χ2v) is 8.46. The Bertz CT molecular complexity index is 585. The smallest absolute Gasteiger partial charge is 0.159 e. The molecule has 2 heterocycles. The van der Waals surface area contributed by atoms with E-state index < -0.39 is 6.10 Å². The molecule has 23 heavy (non-hydrogen) atoms. The maximum absolute atomic E-state index is 13.7. The summed E-state index contributed by atoms with van der Waals surface area (Å²) in [6, 6.07) is 6.46. The number of piperazine rings is 1. The molecule has 0 spiro atoms. The van der Waals surface area contributed by atoms with Crippen molar-refractivity contribution >= 4 is 16.9 Å². The van der Waals surface area contributed by atoms with Gasteiger partial charge in [0.2, 0.25) is 0 Å². The van der Waals surface area contributed by atoms with Gasteiger partial charge in [-0.1, -0.05) is 30.0 Å². The first-order valence-corrected chi connectivity index (χ1v) is 8.89. The van der Waals surface area contributed by atoms with Crippen LogP contribution in [0.2, 0.25) is 0 Å². The van der Waals surface area contributed by atoms with E-state index >= 15 is 0 Å². The predicted molar refractivity (Wildman–Crippen MR) is 93.3 cm³/mol. The Hall–Kier alpha value is -1.11. The summed E-state index contributed by atoms with van der Waals surface area (Å²) >= 11 is 1.85. The molecule has 126 valence electrons. The number of aliphatic imine (C=N–C) groups is 1. The monoisotopic (exact) mass is 337 g/mol. The van der Waals surface area contributed by atoms with Crippen molar-refractivity contribution in [1.82, 2.24) is 9.80 Å². The van der Waals surface area contributed by atoms with E-state index in [2.05, 4.69) is 28.6 Å². The minimum Gasteiger partial charge on any atom is -0.387 e. The third kappa shape index (κ3) is 4.05. The molecule has 1 aromatic carbocycles. The molecule has 0 saturated carbocycles. The molecule has 1 unspecified atom stereocenters. The fraction of sp³-hybridized carbons (Fsp3) is 0.588. The molecule has 0 aromatic heterocycles. The maximum atomic E-state index is 13.7. The number of benzene rings is 1. The van der Waals surface area contributed by atoms with Gasteiger partial charge in [0.05, 0.1) is 12.6 Å². The van der Waals surface area contributed by atoms with Crippen LogP contribution in [-0.2, 0) is 0 Å². The van der Waals surface area contributed by atoms with Gasteiger partial charge < -0.3 is 10.0 Å².